The third-order valence-electron chi connectivity index (χ3n) is 2.37. The van der Waals surface area contributed by atoms with E-state index in [0.717, 1.165) is 15.0 Å². The Morgan fingerprint density at radius 1 is 1.35 bits per heavy atom. The van der Waals surface area contributed by atoms with Crippen LogP contribution in [0.25, 0.3) is 0 Å². The number of rotatable bonds is 2. The van der Waals surface area contributed by atoms with Crippen LogP contribution >= 0.6 is 27.3 Å². The zero-order valence-corrected chi connectivity index (χ0v) is 11.9. The van der Waals surface area contributed by atoms with Crippen molar-refractivity contribution in [3.63, 3.8) is 0 Å². The number of carbonyl (C=O) groups excluding carboxylic acids is 1. The van der Waals surface area contributed by atoms with Gasteiger partial charge in [0, 0.05) is 9.35 Å². The van der Waals surface area contributed by atoms with Gasteiger partial charge in [0.05, 0.1) is 11.3 Å². The van der Waals surface area contributed by atoms with E-state index in [4.69, 9.17) is 0 Å². The molecular weight excluding hydrogens is 300 g/mol. The predicted molar refractivity (Wildman–Crippen MR) is 73.7 cm³/mol. The largest absolute Gasteiger partial charge is 0.298 e. The fourth-order valence-electron chi connectivity index (χ4n) is 1.34. The summed E-state index contributed by atoms with van der Waals surface area (Å²) in [6.45, 7) is 3.92. The number of aromatic nitrogens is 1. The summed E-state index contributed by atoms with van der Waals surface area (Å²) in [7, 11) is 0. The zero-order valence-electron chi connectivity index (χ0n) is 9.45. The Hall–Kier alpha value is -1.20. The van der Waals surface area contributed by atoms with Crippen molar-refractivity contribution in [3.05, 3.63) is 44.9 Å². The highest BCUT2D eigenvalue weighted by Crippen LogP contribution is 2.23. The molecule has 5 heteroatoms. The molecule has 1 N–H and O–H groups in total. The van der Waals surface area contributed by atoms with Crippen LogP contribution in [0.2, 0.25) is 0 Å². The maximum Gasteiger partial charge on any atom is 0.258 e. The van der Waals surface area contributed by atoms with Crippen LogP contribution in [0.15, 0.2) is 28.7 Å². The molecule has 17 heavy (non-hydrogen) atoms. The second-order valence-corrected chi connectivity index (χ2v) is 5.65. The van der Waals surface area contributed by atoms with E-state index in [0.29, 0.717) is 10.7 Å². The molecule has 0 bridgehead atoms. The molecule has 0 aliphatic carbocycles. The minimum absolute atomic E-state index is 0.147. The van der Waals surface area contributed by atoms with Crippen molar-refractivity contribution >= 4 is 38.3 Å². The van der Waals surface area contributed by atoms with Gasteiger partial charge in [0.15, 0.2) is 5.13 Å². The Balaban J connectivity index is 2.20. The van der Waals surface area contributed by atoms with Gasteiger partial charge in [-0.25, -0.2) is 4.98 Å². The van der Waals surface area contributed by atoms with Gasteiger partial charge < -0.3 is 0 Å². The molecule has 0 fully saturated rings. The first-order valence-electron chi connectivity index (χ1n) is 5.08. The fourth-order valence-corrected chi connectivity index (χ4v) is 2.61. The summed E-state index contributed by atoms with van der Waals surface area (Å²) >= 11 is 4.84. The number of nitrogens with zero attached hydrogens (tertiary/aromatic N) is 1. The first kappa shape index (κ1) is 12.3. The topological polar surface area (TPSA) is 42.0 Å². The van der Waals surface area contributed by atoms with Crippen molar-refractivity contribution in [1.29, 1.82) is 0 Å². The average Bonchev–Trinajstić information content (AvgIpc) is 2.58. The van der Waals surface area contributed by atoms with Gasteiger partial charge in [0.2, 0.25) is 0 Å². The Labute approximate surface area is 112 Å². The molecule has 2 rings (SSSR count). The summed E-state index contributed by atoms with van der Waals surface area (Å²) in [5.41, 5.74) is 1.57. The lowest BCUT2D eigenvalue weighted by molar-refractivity contribution is 0.102. The average molecular weight is 311 g/mol. The lowest BCUT2D eigenvalue weighted by Crippen LogP contribution is -2.12. The summed E-state index contributed by atoms with van der Waals surface area (Å²) < 4.78 is 0.780. The van der Waals surface area contributed by atoms with Gasteiger partial charge >= 0.3 is 0 Å². The van der Waals surface area contributed by atoms with E-state index in [1.54, 1.807) is 6.07 Å². The van der Waals surface area contributed by atoms with Crippen LogP contribution in [0, 0.1) is 13.8 Å². The number of anilines is 1. The van der Waals surface area contributed by atoms with Crippen molar-refractivity contribution < 1.29 is 4.79 Å². The van der Waals surface area contributed by atoms with Crippen molar-refractivity contribution in [2.45, 2.75) is 13.8 Å². The summed E-state index contributed by atoms with van der Waals surface area (Å²) in [4.78, 5) is 17.4. The molecule has 0 aliphatic heterocycles. The minimum Gasteiger partial charge on any atom is -0.298 e. The third-order valence-corrected chi connectivity index (χ3v) is 4.05. The van der Waals surface area contributed by atoms with Gasteiger partial charge in [-0.3, -0.25) is 10.1 Å². The van der Waals surface area contributed by atoms with Crippen LogP contribution in [0.1, 0.15) is 20.9 Å². The molecule has 3 nitrogen and oxygen atoms in total. The highest BCUT2D eigenvalue weighted by Gasteiger charge is 2.12. The van der Waals surface area contributed by atoms with Crippen LogP contribution in [0.3, 0.4) is 0 Å². The molecule has 88 valence electrons. The number of amides is 1. The Morgan fingerprint density at radius 3 is 2.65 bits per heavy atom. The molecule has 2 aromatic rings. The molecule has 0 atom stereocenters. The number of aryl methyl sites for hydroxylation is 2. The summed E-state index contributed by atoms with van der Waals surface area (Å²) in [5, 5.41) is 3.44. The smallest absolute Gasteiger partial charge is 0.258 e. The van der Waals surface area contributed by atoms with E-state index in [2.05, 4.69) is 26.2 Å². The number of benzene rings is 1. The number of thiazole rings is 1. The Bertz CT molecular complexity index is 546. The second-order valence-electron chi connectivity index (χ2n) is 3.59. The minimum atomic E-state index is -0.147. The predicted octanol–water partition coefficient (Wildman–Crippen LogP) is 3.77. The van der Waals surface area contributed by atoms with Crippen molar-refractivity contribution in [1.82, 2.24) is 4.98 Å². The summed E-state index contributed by atoms with van der Waals surface area (Å²) in [6, 6.07) is 7.32. The van der Waals surface area contributed by atoms with Gasteiger partial charge in [0.1, 0.15) is 0 Å². The lowest BCUT2D eigenvalue weighted by atomic mass is 10.2. The van der Waals surface area contributed by atoms with Crippen LogP contribution in [-0.4, -0.2) is 10.9 Å². The molecule has 0 spiro atoms. The number of hydrogen-bond donors (Lipinski definition) is 1. The SMILES string of the molecule is Cc1nc(NC(=O)c2ccccc2Br)sc1C. The number of halogens is 1. The van der Waals surface area contributed by atoms with E-state index < -0.39 is 0 Å². The van der Waals surface area contributed by atoms with Crippen molar-refractivity contribution in [2.75, 3.05) is 5.32 Å². The van der Waals surface area contributed by atoms with Gasteiger partial charge in [-0.15, -0.1) is 11.3 Å². The van der Waals surface area contributed by atoms with Gasteiger partial charge in [0.25, 0.3) is 5.91 Å². The van der Waals surface area contributed by atoms with E-state index >= 15 is 0 Å². The maximum atomic E-state index is 12.0. The molecule has 0 saturated carbocycles. The summed E-state index contributed by atoms with van der Waals surface area (Å²) in [5.74, 6) is -0.147. The van der Waals surface area contributed by atoms with Gasteiger partial charge in [-0.05, 0) is 41.9 Å². The first-order valence-corrected chi connectivity index (χ1v) is 6.69. The molecule has 1 aromatic heterocycles. The van der Waals surface area contributed by atoms with E-state index in [1.165, 1.54) is 11.3 Å². The zero-order chi connectivity index (χ0) is 12.4. The Morgan fingerprint density at radius 2 is 2.06 bits per heavy atom. The fraction of sp³-hybridized carbons (Fsp3) is 0.167. The molecular formula is C12H11BrN2OS. The van der Waals surface area contributed by atoms with Crippen LogP contribution < -0.4 is 5.32 Å². The maximum absolute atomic E-state index is 12.0. The number of hydrogen-bond acceptors (Lipinski definition) is 3. The van der Waals surface area contributed by atoms with Crippen molar-refractivity contribution in [2.24, 2.45) is 0 Å². The molecule has 0 saturated heterocycles. The van der Waals surface area contributed by atoms with E-state index in [9.17, 15) is 4.79 Å². The van der Waals surface area contributed by atoms with E-state index in [1.807, 2.05) is 32.0 Å². The molecule has 0 unspecified atom stereocenters. The number of nitrogens with one attached hydrogen (secondary N) is 1. The molecule has 1 amide bonds. The highest BCUT2D eigenvalue weighted by molar-refractivity contribution is 9.10. The Kier molecular flexibility index (Phi) is 3.59. The highest BCUT2D eigenvalue weighted by atomic mass is 79.9. The second kappa shape index (κ2) is 4.98. The molecule has 0 radical (unpaired) electrons. The quantitative estimate of drug-likeness (QED) is 0.917. The van der Waals surface area contributed by atoms with Gasteiger partial charge in [-0.2, -0.15) is 0 Å². The molecule has 1 aromatic carbocycles. The van der Waals surface area contributed by atoms with Crippen LogP contribution in [-0.2, 0) is 0 Å². The van der Waals surface area contributed by atoms with Crippen molar-refractivity contribution in [3.8, 4) is 0 Å². The molecule has 1 heterocycles. The first-order chi connectivity index (χ1) is 8.08. The lowest BCUT2D eigenvalue weighted by Gasteiger charge is -2.03. The van der Waals surface area contributed by atoms with Crippen LogP contribution in [0.5, 0.6) is 0 Å². The summed E-state index contributed by atoms with van der Waals surface area (Å²) in [6.07, 6.45) is 0. The normalized spacial score (nSPS) is 10.3. The monoisotopic (exact) mass is 310 g/mol. The van der Waals surface area contributed by atoms with Gasteiger partial charge in [-0.1, -0.05) is 12.1 Å². The van der Waals surface area contributed by atoms with Crippen LogP contribution in [0.4, 0.5) is 5.13 Å². The number of carbonyl (C=O) groups is 1. The third kappa shape index (κ3) is 2.73. The van der Waals surface area contributed by atoms with E-state index in [-0.39, 0.29) is 5.91 Å². The standard InChI is InChI=1S/C12H11BrN2OS/c1-7-8(2)17-12(14-7)15-11(16)9-5-3-4-6-10(9)13/h3-6H,1-2H3,(H,14,15,16). The molecule has 0 aliphatic rings.